The fourth-order valence-electron chi connectivity index (χ4n) is 3.99. The van der Waals surface area contributed by atoms with Crippen LogP contribution in [0.15, 0.2) is 41.3 Å². The highest BCUT2D eigenvalue weighted by Crippen LogP contribution is 2.27. The zero-order valence-corrected chi connectivity index (χ0v) is 17.6. The maximum atomic E-state index is 13.1. The van der Waals surface area contributed by atoms with E-state index in [0.717, 1.165) is 44.3 Å². The van der Waals surface area contributed by atoms with Crippen LogP contribution >= 0.6 is 0 Å². The Bertz CT molecular complexity index is 952. The number of carbonyl (C=O) groups is 1. The van der Waals surface area contributed by atoms with Gasteiger partial charge in [-0.05, 0) is 56.9 Å². The van der Waals surface area contributed by atoms with Crippen LogP contribution in [0.1, 0.15) is 52.7 Å². The van der Waals surface area contributed by atoms with Gasteiger partial charge in [0.1, 0.15) is 0 Å². The average molecular weight is 401 g/mol. The van der Waals surface area contributed by atoms with Crippen LogP contribution in [0, 0.1) is 20.8 Å². The second-order valence-corrected chi connectivity index (χ2v) is 9.20. The van der Waals surface area contributed by atoms with E-state index in [2.05, 4.69) is 4.72 Å². The molecule has 6 heteroatoms. The lowest BCUT2D eigenvalue weighted by atomic mass is 10.1. The summed E-state index contributed by atoms with van der Waals surface area (Å²) in [6.45, 7) is 6.97. The van der Waals surface area contributed by atoms with Crippen molar-refractivity contribution in [2.45, 2.75) is 51.3 Å². The highest BCUT2D eigenvalue weighted by atomic mass is 32.2. The third-order valence-electron chi connectivity index (χ3n) is 5.17. The molecule has 0 saturated carbocycles. The van der Waals surface area contributed by atoms with Crippen LogP contribution in [0.4, 0.5) is 5.69 Å². The Labute approximate surface area is 167 Å². The molecule has 1 heterocycles. The van der Waals surface area contributed by atoms with E-state index in [1.54, 1.807) is 38.1 Å². The number of anilines is 1. The van der Waals surface area contributed by atoms with Gasteiger partial charge in [-0.1, -0.05) is 42.7 Å². The maximum absolute atomic E-state index is 13.1. The Balaban J connectivity index is 1.94. The predicted molar refractivity (Wildman–Crippen MR) is 112 cm³/mol. The first-order valence-corrected chi connectivity index (χ1v) is 11.3. The normalized spacial score (nSPS) is 15.2. The molecule has 150 valence electrons. The standard InChI is InChI=1S/C22H28N2O3S/c1-16-14-17(2)21(18(3)15-16)28(26,27)23-20-11-7-6-10-19(20)22(25)24-12-8-4-5-9-13-24/h6-7,10-11,14-15,23H,4-5,8-9,12-13H2,1-3H3. The van der Waals surface area contributed by atoms with Crippen LogP contribution in [-0.4, -0.2) is 32.3 Å². The molecule has 0 bridgehead atoms. The largest absolute Gasteiger partial charge is 0.339 e. The van der Waals surface area contributed by atoms with Crippen molar-refractivity contribution in [1.82, 2.24) is 4.90 Å². The fraction of sp³-hybridized carbons (Fsp3) is 0.409. The summed E-state index contributed by atoms with van der Waals surface area (Å²) in [5, 5.41) is 0. The second-order valence-electron chi connectivity index (χ2n) is 7.59. The zero-order chi connectivity index (χ0) is 20.3. The number of aryl methyl sites for hydroxylation is 3. The predicted octanol–water partition coefficient (Wildman–Crippen LogP) is 4.43. The summed E-state index contributed by atoms with van der Waals surface area (Å²) >= 11 is 0. The minimum atomic E-state index is -3.81. The van der Waals surface area contributed by atoms with Gasteiger partial charge in [-0.25, -0.2) is 8.42 Å². The Morgan fingerprint density at radius 1 is 0.929 bits per heavy atom. The highest BCUT2D eigenvalue weighted by Gasteiger charge is 2.24. The highest BCUT2D eigenvalue weighted by molar-refractivity contribution is 7.92. The Kier molecular flexibility index (Phi) is 6.08. The topological polar surface area (TPSA) is 66.5 Å². The van der Waals surface area contributed by atoms with Gasteiger partial charge in [-0.15, -0.1) is 0 Å². The number of benzene rings is 2. The number of hydrogen-bond acceptors (Lipinski definition) is 3. The van der Waals surface area contributed by atoms with Crippen molar-refractivity contribution in [1.29, 1.82) is 0 Å². The molecule has 28 heavy (non-hydrogen) atoms. The lowest BCUT2D eigenvalue weighted by Gasteiger charge is -2.22. The van der Waals surface area contributed by atoms with E-state index in [9.17, 15) is 13.2 Å². The number of amides is 1. The van der Waals surface area contributed by atoms with Crippen LogP contribution < -0.4 is 4.72 Å². The average Bonchev–Trinajstić information content (AvgIpc) is 2.89. The number of para-hydroxylation sites is 1. The number of nitrogens with zero attached hydrogens (tertiary/aromatic N) is 1. The van der Waals surface area contributed by atoms with Gasteiger partial charge < -0.3 is 4.90 Å². The van der Waals surface area contributed by atoms with Gasteiger partial charge in [0.2, 0.25) is 0 Å². The number of hydrogen-bond donors (Lipinski definition) is 1. The number of rotatable bonds is 4. The lowest BCUT2D eigenvalue weighted by Crippen LogP contribution is -2.32. The van der Waals surface area contributed by atoms with Crippen LogP contribution in [0.25, 0.3) is 0 Å². The summed E-state index contributed by atoms with van der Waals surface area (Å²) in [6, 6.07) is 10.6. The van der Waals surface area contributed by atoms with Crippen molar-refractivity contribution >= 4 is 21.6 Å². The molecular weight excluding hydrogens is 372 g/mol. The molecule has 5 nitrogen and oxygen atoms in total. The molecule has 1 N–H and O–H groups in total. The van der Waals surface area contributed by atoms with Crippen LogP contribution in [0.3, 0.4) is 0 Å². The van der Waals surface area contributed by atoms with Gasteiger partial charge >= 0.3 is 0 Å². The molecule has 3 rings (SSSR count). The molecule has 0 radical (unpaired) electrons. The molecule has 1 saturated heterocycles. The van der Waals surface area contributed by atoms with E-state index in [-0.39, 0.29) is 10.8 Å². The van der Waals surface area contributed by atoms with Crippen molar-refractivity contribution in [2.75, 3.05) is 17.8 Å². The van der Waals surface area contributed by atoms with Crippen molar-refractivity contribution < 1.29 is 13.2 Å². The summed E-state index contributed by atoms with van der Waals surface area (Å²) < 4.78 is 28.9. The molecule has 0 aliphatic carbocycles. The van der Waals surface area contributed by atoms with E-state index < -0.39 is 10.0 Å². The van der Waals surface area contributed by atoms with E-state index in [4.69, 9.17) is 0 Å². The van der Waals surface area contributed by atoms with Crippen molar-refractivity contribution in [3.8, 4) is 0 Å². The summed E-state index contributed by atoms with van der Waals surface area (Å²) in [6.07, 6.45) is 4.23. The molecule has 1 aliphatic heterocycles. The minimum Gasteiger partial charge on any atom is -0.339 e. The first kappa shape index (κ1) is 20.4. The quantitative estimate of drug-likeness (QED) is 0.826. The van der Waals surface area contributed by atoms with Crippen LogP contribution in [0.5, 0.6) is 0 Å². The second kappa shape index (κ2) is 8.35. The van der Waals surface area contributed by atoms with Gasteiger partial charge in [0.05, 0.1) is 16.1 Å². The molecule has 1 aliphatic rings. The summed E-state index contributed by atoms with van der Waals surface area (Å²) in [4.78, 5) is 15.2. The molecule has 0 spiro atoms. The zero-order valence-electron chi connectivity index (χ0n) is 16.8. The Hall–Kier alpha value is -2.34. The van der Waals surface area contributed by atoms with E-state index in [0.29, 0.717) is 22.4 Å². The van der Waals surface area contributed by atoms with Crippen LogP contribution in [0.2, 0.25) is 0 Å². The number of likely N-dealkylation sites (tertiary alicyclic amines) is 1. The van der Waals surface area contributed by atoms with Crippen molar-refractivity contribution in [3.63, 3.8) is 0 Å². The molecule has 1 fully saturated rings. The molecule has 2 aromatic carbocycles. The van der Waals surface area contributed by atoms with Gasteiger partial charge in [0.15, 0.2) is 0 Å². The minimum absolute atomic E-state index is 0.113. The van der Waals surface area contributed by atoms with E-state index >= 15 is 0 Å². The van der Waals surface area contributed by atoms with Gasteiger partial charge in [-0.2, -0.15) is 0 Å². The number of sulfonamides is 1. The summed E-state index contributed by atoms with van der Waals surface area (Å²) in [5.74, 6) is -0.113. The van der Waals surface area contributed by atoms with Gasteiger partial charge in [-0.3, -0.25) is 9.52 Å². The Morgan fingerprint density at radius 2 is 1.50 bits per heavy atom. The van der Waals surface area contributed by atoms with E-state index in [1.165, 1.54) is 0 Å². The Morgan fingerprint density at radius 3 is 2.11 bits per heavy atom. The van der Waals surface area contributed by atoms with Crippen molar-refractivity contribution in [2.24, 2.45) is 0 Å². The molecular formula is C22H28N2O3S. The number of nitrogens with one attached hydrogen (secondary N) is 1. The first-order chi connectivity index (χ1) is 13.3. The van der Waals surface area contributed by atoms with Gasteiger partial charge in [0.25, 0.3) is 15.9 Å². The molecule has 0 aromatic heterocycles. The molecule has 1 amide bonds. The summed E-state index contributed by atoms with van der Waals surface area (Å²) in [7, 11) is -3.81. The van der Waals surface area contributed by atoms with Gasteiger partial charge in [0, 0.05) is 13.1 Å². The molecule has 0 atom stereocenters. The van der Waals surface area contributed by atoms with Crippen molar-refractivity contribution in [3.05, 3.63) is 58.7 Å². The van der Waals surface area contributed by atoms with Crippen LogP contribution in [-0.2, 0) is 10.0 Å². The maximum Gasteiger partial charge on any atom is 0.262 e. The monoisotopic (exact) mass is 400 g/mol. The third kappa shape index (κ3) is 4.38. The summed E-state index contributed by atoms with van der Waals surface area (Å²) in [5.41, 5.74) is 3.14. The fourth-order valence-corrected chi connectivity index (χ4v) is 5.52. The lowest BCUT2D eigenvalue weighted by molar-refractivity contribution is 0.0762. The number of carbonyl (C=O) groups excluding carboxylic acids is 1. The first-order valence-electron chi connectivity index (χ1n) is 9.78. The van der Waals surface area contributed by atoms with E-state index in [1.807, 2.05) is 24.0 Å². The third-order valence-corrected chi connectivity index (χ3v) is 6.84. The molecule has 2 aromatic rings. The smallest absolute Gasteiger partial charge is 0.262 e. The molecule has 0 unspecified atom stereocenters. The SMILES string of the molecule is Cc1cc(C)c(S(=O)(=O)Nc2ccccc2C(=O)N2CCCCCC2)c(C)c1.